The molecule has 0 aliphatic heterocycles. The molecule has 3 N–H and O–H groups in total. The molecule has 0 saturated heterocycles. The Bertz CT molecular complexity index is 786. The van der Waals surface area contributed by atoms with E-state index in [1.54, 1.807) is 42.6 Å². The predicted molar refractivity (Wildman–Crippen MR) is 88.3 cm³/mol. The molecule has 2 aromatic rings. The van der Waals surface area contributed by atoms with Gasteiger partial charge in [-0.1, -0.05) is 23.8 Å². The summed E-state index contributed by atoms with van der Waals surface area (Å²) < 4.78 is 24.3. The molecule has 7 heteroatoms. The van der Waals surface area contributed by atoms with Crippen molar-refractivity contribution in [2.75, 3.05) is 11.5 Å². The van der Waals surface area contributed by atoms with E-state index in [-0.39, 0.29) is 29.5 Å². The Morgan fingerprint density at radius 3 is 2.57 bits per heavy atom. The highest BCUT2D eigenvalue weighted by atomic mass is 32.2. The summed E-state index contributed by atoms with van der Waals surface area (Å²) in [7, 11) is -3.46. The van der Waals surface area contributed by atoms with Crippen molar-refractivity contribution in [2.45, 2.75) is 24.8 Å². The summed E-state index contributed by atoms with van der Waals surface area (Å²) in [6.45, 7) is 2.11. The number of hydrogen-bond donors (Lipinski definition) is 2. The quantitative estimate of drug-likeness (QED) is 0.833. The van der Waals surface area contributed by atoms with Crippen LogP contribution in [0.25, 0.3) is 0 Å². The van der Waals surface area contributed by atoms with Crippen molar-refractivity contribution < 1.29 is 13.2 Å². The lowest BCUT2D eigenvalue weighted by Crippen LogP contribution is -2.25. The standard InChI is InChI=1S/C16H19N3O3S/c1-12-4-6-14(7-5-12)23(21,22)10-8-15(20)19-11-13-3-2-9-18-16(13)17/h2-7,9H,8,10-11H2,1H3,(H2,17,18)(H,19,20). The number of sulfone groups is 1. The molecule has 1 heterocycles. The van der Waals surface area contributed by atoms with Gasteiger partial charge in [0.1, 0.15) is 5.82 Å². The van der Waals surface area contributed by atoms with Gasteiger partial charge in [-0.15, -0.1) is 0 Å². The summed E-state index contributed by atoms with van der Waals surface area (Å²) in [5, 5.41) is 2.65. The van der Waals surface area contributed by atoms with E-state index in [1.807, 2.05) is 6.92 Å². The minimum atomic E-state index is -3.46. The molecule has 0 atom stereocenters. The van der Waals surface area contributed by atoms with Crippen LogP contribution in [-0.4, -0.2) is 25.1 Å². The number of pyridine rings is 1. The fraction of sp³-hybridized carbons (Fsp3) is 0.250. The molecule has 1 aromatic heterocycles. The number of amides is 1. The molecule has 0 radical (unpaired) electrons. The molecular formula is C16H19N3O3S. The van der Waals surface area contributed by atoms with Crippen molar-refractivity contribution in [3.8, 4) is 0 Å². The number of nitrogen functional groups attached to an aromatic ring is 1. The van der Waals surface area contributed by atoms with Crippen LogP contribution >= 0.6 is 0 Å². The first-order chi connectivity index (χ1) is 10.9. The lowest BCUT2D eigenvalue weighted by Gasteiger charge is -2.08. The molecular weight excluding hydrogens is 314 g/mol. The second kappa shape index (κ2) is 7.23. The number of aryl methyl sites for hydroxylation is 1. The zero-order chi connectivity index (χ0) is 16.9. The summed E-state index contributed by atoms with van der Waals surface area (Å²) in [5.74, 6) is -0.228. The zero-order valence-corrected chi connectivity index (χ0v) is 13.6. The molecule has 1 amide bonds. The third-order valence-electron chi connectivity index (χ3n) is 3.38. The van der Waals surface area contributed by atoms with Crippen LogP contribution in [-0.2, 0) is 21.2 Å². The number of aromatic nitrogens is 1. The summed E-state index contributed by atoms with van der Waals surface area (Å²) in [5.41, 5.74) is 7.36. The Balaban J connectivity index is 1.89. The van der Waals surface area contributed by atoms with Gasteiger partial charge in [-0.3, -0.25) is 4.79 Å². The Morgan fingerprint density at radius 1 is 1.22 bits per heavy atom. The first kappa shape index (κ1) is 17.0. The van der Waals surface area contributed by atoms with E-state index in [2.05, 4.69) is 10.3 Å². The minimum absolute atomic E-state index is 0.101. The third-order valence-corrected chi connectivity index (χ3v) is 5.11. The first-order valence-corrected chi connectivity index (χ1v) is 8.79. The average Bonchev–Trinajstić information content (AvgIpc) is 2.53. The average molecular weight is 333 g/mol. The van der Waals surface area contributed by atoms with Crippen molar-refractivity contribution >= 4 is 21.6 Å². The fourth-order valence-electron chi connectivity index (χ4n) is 1.97. The maximum atomic E-state index is 12.2. The van der Waals surface area contributed by atoms with Crippen LogP contribution in [0, 0.1) is 6.92 Å². The monoisotopic (exact) mass is 333 g/mol. The number of nitrogens with two attached hydrogens (primary N) is 1. The largest absolute Gasteiger partial charge is 0.383 e. The Morgan fingerprint density at radius 2 is 1.91 bits per heavy atom. The normalized spacial score (nSPS) is 11.2. The van der Waals surface area contributed by atoms with Crippen molar-refractivity contribution in [1.82, 2.24) is 10.3 Å². The van der Waals surface area contributed by atoms with E-state index in [0.29, 0.717) is 11.4 Å². The lowest BCUT2D eigenvalue weighted by atomic mass is 10.2. The first-order valence-electron chi connectivity index (χ1n) is 7.14. The van der Waals surface area contributed by atoms with Crippen molar-refractivity contribution in [1.29, 1.82) is 0 Å². The minimum Gasteiger partial charge on any atom is -0.383 e. The zero-order valence-electron chi connectivity index (χ0n) is 12.8. The number of nitrogens with zero attached hydrogens (tertiary/aromatic N) is 1. The smallest absolute Gasteiger partial charge is 0.221 e. The van der Waals surface area contributed by atoms with Crippen molar-refractivity contribution in [3.05, 3.63) is 53.7 Å². The van der Waals surface area contributed by atoms with Gasteiger partial charge in [0.2, 0.25) is 5.91 Å². The van der Waals surface area contributed by atoms with Gasteiger partial charge >= 0.3 is 0 Å². The summed E-state index contributed by atoms with van der Waals surface area (Å²) in [6, 6.07) is 10.1. The van der Waals surface area contributed by atoms with Crippen molar-refractivity contribution in [2.24, 2.45) is 0 Å². The molecule has 23 heavy (non-hydrogen) atoms. The molecule has 1 aromatic carbocycles. The van der Waals surface area contributed by atoms with E-state index in [9.17, 15) is 13.2 Å². The molecule has 0 unspecified atom stereocenters. The molecule has 2 rings (SSSR count). The van der Waals surface area contributed by atoms with Crippen molar-refractivity contribution in [3.63, 3.8) is 0 Å². The van der Waals surface area contributed by atoms with Crippen LogP contribution in [0.2, 0.25) is 0 Å². The molecule has 0 fully saturated rings. The van der Waals surface area contributed by atoms with Gasteiger partial charge in [-0.2, -0.15) is 0 Å². The lowest BCUT2D eigenvalue weighted by molar-refractivity contribution is -0.120. The van der Waals surface area contributed by atoms with Gasteiger partial charge in [0.25, 0.3) is 0 Å². The SMILES string of the molecule is Cc1ccc(S(=O)(=O)CCC(=O)NCc2cccnc2N)cc1. The Hall–Kier alpha value is -2.41. The van der Waals surface area contributed by atoms with Gasteiger partial charge in [-0.05, 0) is 25.1 Å². The Kier molecular flexibility index (Phi) is 5.33. The molecule has 0 aliphatic carbocycles. The highest BCUT2D eigenvalue weighted by Crippen LogP contribution is 2.13. The van der Waals surface area contributed by atoms with Gasteiger partial charge < -0.3 is 11.1 Å². The van der Waals surface area contributed by atoms with Crippen LogP contribution in [0.1, 0.15) is 17.5 Å². The van der Waals surface area contributed by atoms with Crippen LogP contribution in [0.5, 0.6) is 0 Å². The van der Waals surface area contributed by atoms with Gasteiger partial charge in [0.05, 0.1) is 10.6 Å². The number of hydrogen-bond acceptors (Lipinski definition) is 5. The number of benzene rings is 1. The number of carbonyl (C=O) groups excluding carboxylic acids is 1. The second-order valence-electron chi connectivity index (χ2n) is 5.21. The molecule has 0 bridgehead atoms. The number of rotatable bonds is 6. The Labute approximate surface area is 135 Å². The van der Waals surface area contributed by atoms with Crippen LogP contribution < -0.4 is 11.1 Å². The molecule has 0 aliphatic rings. The number of anilines is 1. The maximum Gasteiger partial charge on any atom is 0.221 e. The van der Waals surface area contributed by atoms with E-state index in [0.717, 1.165) is 5.56 Å². The molecule has 6 nitrogen and oxygen atoms in total. The van der Waals surface area contributed by atoms with Gasteiger partial charge in [0, 0.05) is 24.7 Å². The topological polar surface area (TPSA) is 102 Å². The molecule has 122 valence electrons. The van der Waals surface area contributed by atoms with E-state index < -0.39 is 9.84 Å². The maximum absolute atomic E-state index is 12.2. The highest BCUT2D eigenvalue weighted by Gasteiger charge is 2.16. The van der Waals surface area contributed by atoms with E-state index >= 15 is 0 Å². The fourth-order valence-corrected chi connectivity index (χ4v) is 3.21. The predicted octanol–water partition coefficient (Wildman–Crippen LogP) is 1.45. The van der Waals surface area contributed by atoms with E-state index in [4.69, 9.17) is 5.73 Å². The van der Waals surface area contributed by atoms with Crippen LogP contribution in [0.3, 0.4) is 0 Å². The van der Waals surface area contributed by atoms with E-state index in [1.165, 1.54) is 0 Å². The number of nitrogens with one attached hydrogen (secondary N) is 1. The van der Waals surface area contributed by atoms with Crippen LogP contribution in [0.4, 0.5) is 5.82 Å². The van der Waals surface area contributed by atoms with Crippen LogP contribution in [0.15, 0.2) is 47.5 Å². The number of carbonyl (C=O) groups is 1. The van der Waals surface area contributed by atoms with Gasteiger partial charge in [-0.25, -0.2) is 13.4 Å². The third kappa shape index (κ3) is 4.79. The summed E-state index contributed by atoms with van der Waals surface area (Å²) in [6.07, 6.45) is 1.46. The second-order valence-corrected chi connectivity index (χ2v) is 7.32. The molecule has 0 spiro atoms. The molecule has 0 saturated carbocycles. The highest BCUT2D eigenvalue weighted by molar-refractivity contribution is 7.91. The summed E-state index contributed by atoms with van der Waals surface area (Å²) in [4.78, 5) is 16.0. The van der Waals surface area contributed by atoms with Gasteiger partial charge in [0.15, 0.2) is 9.84 Å². The summed E-state index contributed by atoms with van der Waals surface area (Å²) >= 11 is 0.